The first-order chi connectivity index (χ1) is 11.2. The first-order valence-corrected chi connectivity index (χ1v) is 8.16. The van der Waals surface area contributed by atoms with Crippen LogP contribution in [-0.2, 0) is 7.05 Å². The molecule has 2 aromatic heterocycles. The van der Waals surface area contributed by atoms with Gasteiger partial charge in [-0.15, -0.1) is 0 Å². The Labute approximate surface area is 135 Å². The topological polar surface area (TPSA) is 60.0 Å². The molecular formula is C18H21N5. The van der Waals surface area contributed by atoms with Crippen molar-refractivity contribution in [3.05, 3.63) is 36.5 Å². The molecule has 0 bridgehead atoms. The predicted octanol–water partition coefficient (Wildman–Crippen LogP) is 3.21. The SMILES string of the molecule is Cn1ncc(-c2ccc3ccc(N)nc3c2)c1N1CCCCC1. The molecular weight excluding hydrogens is 286 g/mol. The maximum Gasteiger partial charge on any atom is 0.134 e. The zero-order valence-corrected chi connectivity index (χ0v) is 13.4. The number of nitrogens with zero attached hydrogens (tertiary/aromatic N) is 4. The van der Waals surface area contributed by atoms with E-state index in [1.807, 2.05) is 30.1 Å². The second kappa shape index (κ2) is 5.57. The average Bonchev–Trinajstić information content (AvgIpc) is 2.96. The van der Waals surface area contributed by atoms with E-state index in [0.29, 0.717) is 5.82 Å². The molecule has 1 fully saturated rings. The van der Waals surface area contributed by atoms with Crippen molar-refractivity contribution in [3.8, 4) is 11.1 Å². The number of piperidine rings is 1. The van der Waals surface area contributed by atoms with Gasteiger partial charge in [0.1, 0.15) is 11.6 Å². The van der Waals surface area contributed by atoms with Crippen molar-refractivity contribution in [1.82, 2.24) is 14.8 Å². The van der Waals surface area contributed by atoms with Gasteiger partial charge in [0.05, 0.1) is 11.7 Å². The van der Waals surface area contributed by atoms with Crippen LogP contribution in [0, 0.1) is 0 Å². The maximum atomic E-state index is 5.83. The highest BCUT2D eigenvalue weighted by atomic mass is 15.4. The Kier molecular flexibility index (Phi) is 3.41. The molecule has 2 N–H and O–H groups in total. The third-order valence-corrected chi connectivity index (χ3v) is 4.59. The second-order valence-electron chi connectivity index (χ2n) is 6.20. The van der Waals surface area contributed by atoms with Gasteiger partial charge in [0.2, 0.25) is 0 Å². The van der Waals surface area contributed by atoms with Crippen LogP contribution in [0.2, 0.25) is 0 Å². The Balaban J connectivity index is 1.81. The summed E-state index contributed by atoms with van der Waals surface area (Å²) in [6, 6.07) is 10.2. The lowest BCUT2D eigenvalue weighted by Crippen LogP contribution is -2.31. The van der Waals surface area contributed by atoms with Crippen LogP contribution in [0.1, 0.15) is 19.3 Å². The third-order valence-electron chi connectivity index (χ3n) is 4.59. The van der Waals surface area contributed by atoms with E-state index in [1.165, 1.54) is 30.6 Å². The minimum atomic E-state index is 0.553. The molecule has 5 heteroatoms. The number of nitrogens with two attached hydrogens (primary N) is 1. The Morgan fingerprint density at radius 3 is 2.65 bits per heavy atom. The fourth-order valence-corrected chi connectivity index (χ4v) is 3.42. The van der Waals surface area contributed by atoms with Gasteiger partial charge in [-0.25, -0.2) is 4.98 Å². The summed E-state index contributed by atoms with van der Waals surface area (Å²) >= 11 is 0. The summed E-state index contributed by atoms with van der Waals surface area (Å²) in [5, 5.41) is 5.60. The number of benzene rings is 1. The lowest BCUT2D eigenvalue weighted by molar-refractivity contribution is 0.561. The summed E-state index contributed by atoms with van der Waals surface area (Å²) in [6.45, 7) is 2.20. The van der Waals surface area contributed by atoms with Gasteiger partial charge in [-0.1, -0.05) is 12.1 Å². The molecule has 4 rings (SSSR count). The molecule has 0 atom stereocenters. The molecule has 0 unspecified atom stereocenters. The standard InChI is InChI=1S/C18H21N5/c1-22-18(23-9-3-2-4-10-23)15(12-20-22)14-6-5-13-7-8-17(19)21-16(13)11-14/h5-8,11-12H,2-4,9-10H2,1H3,(H2,19,21). The van der Waals surface area contributed by atoms with Crippen LogP contribution in [-0.4, -0.2) is 27.9 Å². The number of hydrogen-bond acceptors (Lipinski definition) is 4. The van der Waals surface area contributed by atoms with Crippen molar-refractivity contribution in [2.45, 2.75) is 19.3 Å². The van der Waals surface area contributed by atoms with Gasteiger partial charge in [0.25, 0.3) is 0 Å². The minimum Gasteiger partial charge on any atom is -0.384 e. The molecule has 3 heterocycles. The van der Waals surface area contributed by atoms with E-state index in [2.05, 4.69) is 33.2 Å². The summed E-state index contributed by atoms with van der Waals surface area (Å²) < 4.78 is 1.98. The predicted molar refractivity (Wildman–Crippen MR) is 94.4 cm³/mol. The first-order valence-electron chi connectivity index (χ1n) is 8.16. The van der Waals surface area contributed by atoms with Gasteiger partial charge in [-0.2, -0.15) is 5.10 Å². The largest absolute Gasteiger partial charge is 0.384 e. The van der Waals surface area contributed by atoms with Crippen molar-refractivity contribution >= 4 is 22.5 Å². The fraction of sp³-hybridized carbons (Fsp3) is 0.333. The third kappa shape index (κ3) is 2.52. The highest BCUT2D eigenvalue weighted by Gasteiger charge is 2.19. The van der Waals surface area contributed by atoms with Gasteiger partial charge in [0.15, 0.2) is 0 Å². The Morgan fingerprint density at radius 1 is 1.04 bits per heavy atom. The van der Waals surface area contributed by atoms with Crippen molar-refractivity contribution in [1.29, 1.82) is 0 Å². The molecule has 0 radical (unpaired) electrons. The number of rotatable bonds is 2. The lowest BCUT2D eigenvalue weighted by Gasteiger charge is -2.29. The molecule has 0 amide bonds. The molecule has 3 aromatic rings. The molecule has 0 spiro atoms. The molecule has 1 aromatic carbocycles. The molecule has 118 valence electrons. The molecule has 5 nitrogen and oxygen atoms in total. The highest BCUT2D eigenvalue weighted by molar-refractivity contribution is 5.87. The van der Waals surface area contributed by atoms with Crippen molar-refractivity contribution in [2.75, 3.05) is 23.7 Å². The van der Waals surface area contributed by atoms with E-state index in [9.17, 15) is 0 Å². The number of fused-ring (bicyclic) bond motifs is 1. The van der Waals surface area contributed by atoms with Crippen LogP contribution in [0.15, 0.2) is 36.5 Å². The Bertz CT molecular complexity index is 846. The summed E-state index contributed by atoms with van der Waals surface area (Å²) in [5.41, 5.74) is 9.06. The smallest absolute Gasteiger partial charge is 0.134 e. The van der Waals surface area contributed by atoms with Crippen molar-refractivity contribution in [2.24, 2.45) is 7.05 Å². The van der Waals surface area contributed by atoms with Gasteiger partial charge < -0.3 is 10.6 Å². The Morgan fingerprint density at radius 2 is 1.83 bits per heavy atom. The monoisotopic (exact) mass is 307 g/mol. The summed E-state index contributed by atoms with van der Waals surface area (Å²) in [6.07, 6.45) is 5.78. The molecule has 0 saturated carbocycles. The molecule has 23 heavy (non-hydrogen) atoms. The van der Waals surface area contributed by atoms with E-state index in [1.54, 1.807) is 0 Å². The molecule has 0 aliphatic carbocycles. The van der Waals surface area contributed by atoms with Gasteiger partial charge in [-0.3, -0.25) is 4.68 Å². The second-order valence-corrected chi connectivity index (χ2v) is 6.20. The van der Waals surface area contributed by atoms with Crippen molar-refractivity contribution < 1.29 is 0 Å². The molecule has 1 saturated heterocycles. The zero-order valence-electron chi connectivity index (χ0n) is 13.4. The summed E-state index contributed by atoms with van der Waals surface area (Å²) in [4.78, 5) is 6.89. The quantitative estimate of drug-likeness (QED) is 0.790. The van der Waals surface area contributed by atoms with Crippen LogP contribution in [0.25, 0.3) is 22.0 Å². The van der Waals surface area contributed by atoms with Crippen LogP contribution < -0.4 is 10.6 Å². The van der Waals surface area contributed by atoms with Gasteiger partial charge >= 0.3 is 0 Å². The normalized spacial score (nSPS) is 15.3. The first kappa shape index (κ1) is 14.1. The van der Waals surface area contributed by atoms with Crippen LogP contribution in [0.3, 0.4) is 0 Å². The van der Waals surface area contributed by atoms with E-state index in [4.69, 9.17) is 5.73 Å². The van der Waals surface area contributed by atoms with Crippen LogP contribution >= 0.6 is 0 Å². The van der Waals surface area contributed by atoms with Crippen LogP contribution in [0.5, 0.6) is 0 Å². The number of anilines is 2. The van der Waals surface area contributed by atoms with Gasteiger partial charge in [0, 0.05) is 31.1 Å². The zero-order chi connectivity index (χ0) is 15.8. The number of nitrogen functional groups attached to an aromatic ring is 1. The summed E-state index contributed by atoms with van der Waals surface area (Å²) in [7, 11) is 2.02. The molecule has 1 aliphatic rings. The molecule has 1 aliphatic heterocycles. The number of hydrogen-bond donors (Lipinski definition) is 1. The maximum absolute atomic E-state index is 5.83. The van der Waals surface area contributed by atoms with Crippen LogP contribution in [0.4, 0.5) is 11.6 Å². The Hall–Kier alpha value is -2.56. The number of aromatic nitrogens is 3. The van der Waals surface area contributed by atoms with E-state index < -0.39 is 0 Å². The number of aryl methyl sites for hydroxylation is 1. The van der Waals surface area contributed by atoms with E-state index in [-0.39, 0.29) is 0 Å². The highest BCUT2D eigenvalue weighted by Crippen LogP contribution is 2.33. The number of pyridine rings is 1. The fourth-order valence-electron chi connectivity index (χ4n) is 3.42. The lowest BCUT2D eigenvalue weighted by atomic mass is 10.0. The summed E-state index contributed by atoms with van der Waals surface area (Å²) in [5.74, 6) is 1.75. The van der Waals surface area contributed by atoms with E-state index >= 15 is 0 Å². The van der Waals surface area contributed by atoms with Gasteiger partial charge in [-0.05, 0) is 43.0 Å². The minimum absolute atomic E-state index is 0.553. The average molecular weight is 307 g/mol. The van der Waals surface area contributed by atoms with Crippen molar-refractivity contribution in [3.63, 3.8) is 0 Å². The van der Waals surface area contributed by atoms with E-state index in [0.717, 1.165) is 29.6 Å².